The monoisotopic (exact) mass is 227 g/mol. The summed E-state index contributed by atoms with van der Waals surface area (Å²) in [6, 6.07) is 7.80. The van der Waals surface area contributed by atoms with Crippen LogP contribution in [0.1, 0.15) is 11.3 Å². The van der Waals surface area contributed by atoms with Crippen molar-refractivity contribution in [3.8, 4) is 17.1 Å². The first-order valence-corrected chi connectivity index (χ1v) is 5.57. The van der Waals surface area contributed by atoms with Crippen molar-refractivity contribution in [1.29, 1.82) is 0 Å². The highest BCUT2D eigenvalue weighted by Gasteiger charge is 2.13. The number of aromatic nitrogens is 2. The third-order valence-corrected chi connectivity index (χ3v) is 2.89. The molecule has 0 saturated heterocycles. The first kappa shape index (κ1) is 10.2. The smallest absolute Gasteiger partial charge is 0.159 e. The molecule has 0 unspecified atom stereocenters. The van der Waals surface area contributed by atoms with E-state index in [-0.39, 0.29) is 0 Å². The topological polar surface area (TPSA) is 47.0 Å². The van der Waals surface area contributed by atoms with Gasteiger partial charge in [-0.05, 0) is 12.1 Å². The second-order valence-electron chi connectivity index (χ2n) is 4.00. The highest BCUT2D eigenvalue weighted by molar-refractivity contribution is 5.57. The molecule has 1 aromatic heterocycles. The average molecular weight is 227 g/mol. The number of nitrogens with zero attached hydrogens (tertiary/aromatic N) is 2. The molecule has 0 bridgehead atoms. The fraction of sp³-hybridized carbons (Fsp3) is 0.231. The molecule has 0 aliphatic carbocycles. The van der Waals surface area contributed by atoms with Gasteiger partial charge >= 0.3 is 0 Å². The van der Waals surface area contributed by atoms with E-state index in [0.717, 1.165) is 35.9 Å². The minimum absolute atomic E-state index is 0.756. The van der Waals surface area contributed by atoms with Crippen LogP contribution in [0.4, 0.5) is 0 Å². The Hall–Kier alpha value is -1.94. The van der Waals surface area contributed by atoms with E-state index in [2.05, 4.69) is 15.3 Å². The Balaban J connectivity index is 2.03. The van der Waals surface area contributed by atoms with Gasteiger partial charge in [-0.25, -0.2) is 9.97 Å². The Morgan fingerprint density at radius 1 is 1.29 bits per heavy atom. The molecule has 0 radical (unpaired) electrons. The predicted octanol–water partition coefficient (Wildman–Crippen LogP) is 1.76. The molecule has 4 nitrogen and oxygen atoms in total. The van der Waals surface area contributed by atoms with Gasteiger partial charge in [-0.3, -0.25) is 0 Å². The Morgan fingerprint density at radius 3 is 3.12 bits per heavy atom. The van der Waals surface area contributed by atoms with Crippen molar-refractivity contribution >= 4 is 0 Å². The third kappa shape index (κ3) is 1.87. The summed E-state index contributed by atoms with van der Waals surface area (Å²) >= 11 is 0. The van der Waals surface area contributed by atoms with Gasteiger partial charge in [0.1, 0.15) is 5.75 Å². The SMILES string of the molecule is COc1cccc(-c2ncc3c(n2)CNC3)c1. The molecule has 0 fully saturated rings. The lowest BCUT2D eigenvalue weighted by Gasteiger charge is -2.04. The molecule has 3 rings (SSSR count). The standard InChI is InChI=1S/C13H13N3O/c1-17-11-4-2-3-9(5-11)13-15-7-10-6-14-8-12(10)16-13/h2-5,7,14H,6,8H2,1H3. The van der Waals surface area contributed by atoms with E-state index in [0.29, 0.717) is 0 Å². The number of nitrogens with one attached hydrogen (secondary N) is 1. The van der Waals surface area contributed by atoms with Crippen molar-refractivity contribution in [3.63, 3.8) is 0 Å². The third-order valence-electron chi connectivity index (χ3n) is 2.89. The highest BCUT2D eigenvalue weighted by atomic mass is 16.5. The van der Waals surface area contributed by atoms with Crippen molar-refractivity contribution in [3.05, 3.63) is 41.7 Å². The van der Waals surface area contributed by atoms with Crippen LogP contribution in [0.25, 0.3) is 11.4 Å². The summed E-state index contributed by atoms with van der Waals surface area (Å²) in [6.45, 7) is 1.70. The fourth-order valence-corrected chi connectivity index (χ4v) is 1.96. The van der Waals surface area contributed by atoms with Crippen LogP contribution in [0.3, 0.4) is 0 Å². The molecule has 0 spiro atoms. The molecule has 0 amide bonds. The Bertz CT molecular complexity index is 554. The van der Waals surface area contributed by atoms with Crippen LogP contribution >= 0.6 is 0 Å². The van der Waals surface area contributed by atoms with E-state index in [1.54, 1.807) is 7.11 Å². The van der Waals surface area contributed by atoms with E-state index >= 15 is 0 Å². The van der Waals surface area contributed by atoms with E-state index in [4.69, 9.17) is 4.74 Å². The first-order chi connectivity index (χ1) is 8.36. The Morgan fingerprint density at radius 2 is 2.24 bits per heavy atom. The molecule has 0 saturated carbocycles. The van der Waals surface area contributed by atoms with Crippen LogP contribution < -0.4 is 10.1 Å². The molecule has 4 heteroatoms. The zero-order chi connectivity index (χ0) is 11.7. The van der Waals surface area contributed by atoms with Crippen LogP contribution in [0.15, 0.2) is 30.5 Å². The van der Waals surface area contributed by atoms with Crippen LogP contribution in [0.5, 0.6) is 5.75 Å². The quantitative estimate of drug-likeness (QED) is 0.849. The summed E-state index contributed by atoms with van der Waals surface area (Å²) in [5.41, 5.74) is 3.27. The average Bonchev–Trinajstić information content (AvgIpc) is 2.86. The number of ether oxygens (including phenoxy) is 1. The van der Waals surface area contributed by atoms with E-state index in [9.17, 15) is 0 Å². The molecule has 1 aliphatic rings. The van der Waals surface area contributed by atoms with Crippen LogP contribution in [-0.4, -0.2) is 17.1 Å². The lowest BCUT2D eigenvalue weighted by atomic mass is 10.2. The van der Waals surface area contributed by atoms with Crippen molar-refractivity contribution < 1.29 is 4.74 Å². The second kappa shape index (κ2) is 4.14. The Kier molecular flexibility index (Phi) is 2.49. The summed E-state index contributed by atoms with van der Waals surface area (Å²) in [5.74, 6) is 1.58. The van der Waals surface area contributed by atoms with Crippen molar-refractivity contribution in [2.24, 2.45) is 0 Å². The number of hydrogen-bond donors (Lipinski definition) is 1. The predicted molar refractivity (Wildman–Crippen MR) is 64.6 cm³/mol. The zero-order valence-electron chi connectivity index (χ0n) is 9.60. The number of methoxy groups -OCH3 is 1. The molecule has 1 aromatic carbocycles. The molecule has 1 aliphatic heterocycles. The summed E-state index contributed by atoms with van der Waals surface area (Å²) in [7, 11) is 1.66. The maximum atomic E-state index is 5.20. The van der Waals surface area contributed by atoms with E-state index in [1.807, 2.05) is 30.5 Å². The van der Waals surface area contributed by atoms with Gasteiger partial charge in [-0.1, -0.05) is 12.1 Å². The summed E-state index contributed by atoms with van der Waals surface area (Å²) in [5, 5.41) is 3.26. The first-order valence-electron chi connectivity index (χ1n) is 5.57. The summed E-state index contributed by atoms with van der Waals surface area (Å²) in [6.07, 6.45) is 1.90. The number of benzene rings is 1. The summed E-state index contributed by atoms with van der Waals surface area (Å²) in [4.78, 5) is 8.96. The zero-order valence-corrected chi connectivity index (χ0v) is 9.60. The lowest BCUT2D eigenvalue weighted by Crippen LogP contribution is -2.00. The van der Waals surface area contributed by atoms with Gasteiger partial charge in [-0.15, -0.1) is 0 Å². The van der Waals surface area contributed by atoms with Gasteiger partial charge in [0.15, 0.2) is 5.82 Å². The number of hydrogen-bond acceptors (Lipinski definition) is 4. The largest absolute Gasteiger partial charge is 0.497 e. The van der Waals surface area contributed by atoms with Crippen molar-refractivity contribution in [2.45, 2.75) is 13.1 Å². The molecule has 2 aromatic rings. The lowest BCUT2D eigenvalue weighted by molar-refractivity contribution is 0.415. The van der Waals surface area contributed by atoms with Crippen molar-refractivity contribution in [2.75, 3.05) is 7.11 Å². The normalized spacial score (nSPS) is 13.5. The van der Waals surface area contributed by atoms with E-state index in [1.165, 1.54) is 5.56 Å². The maximum absolute atomic E-state index is 5.20. The minimum atomic E-state index is 0.756. The molecule has 2 heterocycles. The minimum Gasteiger partial charge on any atom is -0.497 e. The second-order valence-corrected chi connectivity index (χ2v) is 4.00. The van der Waals surface area contributed by atoms with Gasteiger partial charge in [0, 0.05) is 30.4 Å². The fourth-order valence-electron chi connectivity index (χ4n) is 1.96. The Labute approximate surface area is 99.7 Å². The highest BCUT2D eigenvalue weighted by Crippen LogP contribution is 2.22. The summed E-state index contributed by atoms with van der Waals surface area (Å²) < 4.78 is 5.20. The molecular weight excluding hydrogens is 214 g/mol. The number of rotatable bonds is 2. The maximum Gasteiger partial charge on any atom is 0.159 e. The van der Waals surface area contributed by atoms with Gasteiger partial charge in [0.05, 0.1) is 12.8 Å². The molecule has 86 valence electrons. The molecule has 1 N–H and O–H groups in total. The molecular formula is C13H13N3O. The van der Waals surface area contributed by atoms with Crippen LogP contribution in [-0.2, 0) is 13.1 Å². The van der Waals surface area contributed by atoms with Gasteiger partial charge in [-0.2, -0.15) is 0 Å². The number of fused-ring (bicyclic) bond motifs is 1. The van der Waals surface area contributed by atoms with Crippen LogP contribution in [0.2, 0.25) is 0 Å². The van der Waals surface area contributed by atoms with Crippen LogP contribution in [0, 0.1) is 0 Å². The van der Waals surface area contributed by atoms with Crippen molar-refractivity contribution in [1.82, 2.24) is 15.3 Å². The molecule has 0 atom stereocenters. The van der Waals surface area contributed by atoms with Gasteiger partial charge in [0.25, 0.3) is 0 Å². The van der Waals surface area contributed by atoms with E-state index < -0.39 is 0 Å². The molecule has 17 heavy (non-hydrogen) atoms. The van der Waals surface area contributed by atoms with Gasteiger partial charge < -0.3 is 10.1 Å². The van der Waals surface area contributed by atoms with Gasteiger partial charge in [0.2, 0.25) is 0 Å².